The van der Waals surface area contributed by atoms with Crippen LogP contribution in [0.1, 0.15) is 39.2 Å². The lowest BCUT2D eigenvalue weighted by Gasteiger charge is -2.26. The summed E-state index contributed by atoms with van der Waals surface area (Å²) in [5, 5.41) is 9.42. The lowest BCUT2D eigenvalue weighted by Crippen LogP contribution is -2.18. The minimum Gasteiger partial charge on any atom is -0.489 e. The Morgan fingerprint density at radius 3 is 2.16 bits per heavy atom. The first kappa shape index (κ1) is 19.7. The van der Waals surface area contributed by atoms with Crippen molar-refractivity contribution in [2.45, 2.75) is 38.5 Å². The van der Waals surface area contributed by atoms with Crippen LogP contribution in [0.25, 0.3) is 5.57 Å². The van der Waals surface area contributed by atoms with E-state index in [2.05, 4.69) is 0 Å². The van der Waals surface area contributed by atoms with E-state index in [0.717, 1.165) is 30.2 Å². The first-order valence-corrected chi connectivity index (χ1v) is 10.2. The van der Waals surface area contributed by atoms with Crippen molar-refractivity contribution < 1.29 is 23.1 Å². The summed E-state index contributed by atoms with van der Waals surface area (Å²) < 4.78 is 29.1. The van der Waals surface area contributed by atoms with E-state index < -0.39 is 9.84 Å². The average molecular weight is 366 g/mol. The van der Waals surface area contributed by atoms with E-state index in [9.17, 15) is 18.3 Å². The number of hydrogen-bond acceptors (Lipinski definition) is 5. The van der Waals surface area contributed by atoms with Crippen LogP contribution in [0, 0.1) is 10.8 Å². The quantitative estimate of drug-likeness (QED) is 0.456. The van der Waals surface area contributed by atoms with Gasteiger partial charge in [0.15, 0.2) is 21.9 Å². The highest BCUT2D eigenvalue weighted by Crippen LogP contribution is 2.46. The fraction of sp³-hybridized carbons (Fsp3) is 0.526. The van der Waals surface area contributed by atoms with Gasteiger partial charge in [-0.15, -0.1) is 0 Å². The molecule has 1 N–H and O–H groups in total. The van der Waals surface area contributed by atoms with Gasteiger partial charge in [0.05, 0.1) is 18.1 Å². The molecule has 0 saturated heterocycles. The third-order valence-corrected chi connectivity index (χ3v) is 5.63. The standard InChI is InChI=1S/C19H26O5S/c1-18(2,3)17(14-5-7-15(8-6-14)25(4,22)23)16(11-20)24-13-19(12-21)9-10-19/h5-8,11,21H,9-10,12-13H2,1-4H3/b17-16+. The van der Waals surface area contributed by atoms with Crippen LogP contribution in [0.15, 0.2) is 34.9 Å². The number of aliphatic hydroxyl groups excluding tert-OH is 1. The Morgan fingerprint density at radius 2 is 1.80 bits per heavy atom. The Labute approximate surface area is 149 Å². The molecule has 0 radical (unpaired) electrons. The second-order valence-corrected chi connectivity index (χ2v) is 9.87. The smallest absolute Gasteiger partial charge is 0.185 e. The van der Waals surface area contributed by atoms with Gasteiger partial charge in [-0.1, -0.05) is 32.9 Å². The monoisotopic (exact) mass is 366 g/mol. The first-order valence-electron chi connectivity index (χ1n) is 8.26. The maximum absolute atomic E-state index is 11.7. The zero-order valence-corrected chi connectivity index (χ0v) is 16.0. The van der Waals surface area contributed by atoms with Crippen LogP contribution in [0.5, 0.6) is 0 Å². The van der Waals surface area contributed by atoms with Crippen molar-refractivity contribution in [3.63, 3.8) is 0 Å². The number of aliphatic hydroxyl groups is 1. The molecule has 0 bridgehead atoms. The van der Waals surface area contributed by atoms with Gasteiger partial charge in [-0.3, -0.25) is 4.79 Å². The van der Waals surface area contributed by atoms with Gasteiger partial charge in [0.1, 0.15) is 0 Å². The molecule has 1 aliphatic rings. The normalized spacial score (nSPS) is 17.6. The van der Waals surface area contributed by atoms with Crippen LogP contribution in [0.4, 0.5) is 0 Å². The SMILES string of the molecule is CC(C)(C)/C(=C(\C=O)OCC1(CO)CC1)c1ccc(S(C)(=O)=O)cc1. The van der Waals surface area contributed by atoms with Crippen molar-refractivity contribution in [2.75, 3.05) is 19.5 Å². The van der Waals surface area contributed by atoms with E-state index in [0.29, 0.717) is 12.9 Å². The predicted molar refractivity (Wildman–Crippen MR) is 96.7 cm³/mol. The fourth-order valence-electron chi connectivity index (χ4n) is 2.73. The molecule has 0 unspecified atom stereocenters. The summed E-state index contributed by atoms with van der Waals surface area (Å²) in [6.45, 7) is 6.27. The summed E-state index contributed by atoms with van der Waals surface area (Å²) in [4.78, 5) is 11.9. The molecule has 1 saturated carbocycles. The van der Waals surface area contributed by atoms with Gasteiger partial charge in [0.2, 0.25) is 0 Å². The summed E-state index contributed by atoms with van der Waals surface area (Å²) in [7, 11) is -3.28. The Hall–Kier alpha value is -1.66. The number of sulfone groups is 1. The lowest BCUT2D eigenvalue weighted by molar-refractivity contribution is -0.108. The summed E-state index contributed by atoms with van der Waals surface area (Å²) in [6.07, 6.45) is 3.64. The van der Waals surface area contributed by atoms with E-state index in [1.165, 1.54) is 12.1 Å². The third-order valence-electron chi connectivity index (χ3n) is 4.50. The molecule has 1 aromatic carbocycles. The van der Waals surface area contributed by atoms with Gasteiger partial charge in [-0.25, -0.2) is 8.42 Å². The molecule has 0 aliphatic heterocycles. The number of carbonyl (C=O) groups is 1. The summed E-state index contributed by atoms with van der Waals surface area (Å²) >= 11 is 0. The molecule has 1 aromatic rings. The van der Waals surface area contributed by atoms with E-state index in [-0.39, 0.29) is 28.1 Å². The molecule has 0 amide bonds. The van der Waals surface area contributed by atoms with E-state index in [1.807, 2.05) is 20.8 Å². The highest BCUT2D eigenvalue weighted by atomic mass is 32.2. The van der Waals surface area contributed by atoms with Gasteiger partial charge in [0, 0.05) is 17.2 Å². The van der Waals surface area contributed by atoms with Crippen LogP contribution < -0.4 is 0 Å². The average Bonchev–Trinajstić information content (AvgIpc) is 3.30. The van der Waals surface area contributed by atoms with Crippen molar-refractivity contribution in [2.24, 2.45) is 10.8 Å². The van der Waals surface area contributed by atoms with Crippen molar-refractivity contribution >= 4 is 21.7 Å². The fourth-order valence-corrected chi connectivity index (χ4v) is 3.36. The van der Waals surface area contributed by atoms with Crippen molar-refractivity contribution in [1.29, 1.82) is 0 Å². The number of allylic oxidation sites excluding steroid dienone is 2. The van der Waals surface area contributed by atoms with Gasteiger partial charge >= 0.3 is 0 Å². The number of ether oxygens (including phenoxy) is 1. The molecule has 0 heterocycles. The zero-order chi connectivity index (χ0) is 18.9. The van der Waals surface area contributed by atoms with Gasteiger partial charge in [-0.05, 0) is 36.0 Å². The highest BCUT2D eigenvalue weighted by molar-refractivity contribution is 7.90. The summed E-state index contributed by atoms with van der Waals surface area (Å²) in [5.74, 6) is 0.235. The lowest BCUT2D eigenvalue weighted by atomic mass is 9.81. The topological polar surface area (TPSA) is 80.7 Å². The second kappa shape index (κ2) is 6.92. The predicted octanol–water partition coefficient (Wildman–Crippen LogP) is 2.84. The molecule has 1 fully saturated rings. The van der Waals surface area contributed by atoms with Gasteiger partial charge in [-0.2, -0.15) is 0 Å². The number of carbonyl (C=O) groups excluding carboxylic acids is 1. The molecular weight excluding hydrogens is 340 g/mol. The summed E-state index contributed by atoms with van der Waals surface area (Å²) in [5.41, 5.74) is 0.864. The Balaban J connectivity index is 2.41. The first-order chi connectivity index (χ1) is 11.5. The maximum atomic E-state index is 11.7. The molecule has 1 aliphatic carbocycles. The minimum absolute atomic E-state index is 0.0487. The molecule has 0 aromatic heterocycles. The van der Waals surface area contributed by atoms with E-state index in [1.54, 1.807) is 12.1 Å². The zero-order valence-electron chi connectivity index (χ0n) is 15.2. The molecule has 0 spiro atoms. The van der Waals surface area contributed by atoms with Gasteiger partial charge < -0.3 is 9.84 Å². The van der Waals surface area contributed by atoms with Crippen LogP contribution >= 0.6 is 0 Å². The molecule has 2 rings (SSSR count). The molecular formula is C19H26O5S. The molecule has 25 heavy (non-hydrogen) atoms. The number of aldehydes is 1. The van der Waals surface area contributed by atoms with Crippen LogP contribution in [0.2, 0.25) is 0 Å². The van der Waals surface area contributed by atoms with E-state index >= 15 is 0 Å². The van der Waals surface area contributed by atoms with Gasteiger partial charge in [0.25, 0.3) is 0 Å². The molecule has 5 nitrogen and oxygen atoms in total. The van der Waals surface area contributed by atoms with Crippen molar-refractivity contribution in [3.8, 4) is 0 Å². The molecule has 138 valence electrons. The van der Waals surface area contributed by atoms with Crippen LogP contribution in [0.3, 0.4) is 0 Å². The highest BCUT2D eigenvalue weighted by Gasteiger charge is 2.43. The van der Waals surface area contributed by atoms with Crippen LogP contribution in [-0.2, 0) is 19.4 Å². The Bertz CT molecular complexity index is 763. The third kappa shape index (κ3) is 4.70. The maximum Gasteiger partial charge on any atom is 0.185 e. The molecule has 0 atom stereocenters. The van der Waals surface area contributed by atoms with Crippen molar-refractivity contribution in [1.82, 2.24) is 0 Å². The Kier molecular flexibility index (Phi) is 5.44. The summed E-state index contributed by atoms with van der Waals surface area (Å²) in [6, 6.07) is 6.47. The molecule has 6 heteroatoms. The Morgan fingerprint density at radius 1 is 1.24 bits per heavy atom. The number of hydrogen-bond donors (Lipinski definition) is 1. The minimum atomic E-state index is -3.28. The second-order valence-electron chi connectivity index (χ2n) is 7.85. The van der Waals surface area contributed by atoms with E-state index in [4.69, 9.17) is 4.74 Å². The number of rotatable bonds is 7. The largest absolute Gasteiger partial charge is 0.489 e. The number of benzene rings is 1. The van der Waals surface area contributed by atoms with Crippen molar-refractivity contribution in [3.05, 3.63) is 35.6 Å². The van der Waals surface area contributed by atoms with Crippen LogP contribution in [-0.4, -0.2) is 39.3 Å².